The van der Waals surface area contributed by atoms with Gasteiger partial charge in [0.15, 0.2) is 5.12 Å². The molecular weight excluding hydrogens is 286 g/mol. The van der Waals surface area contributed by atoms with E-state index < -0.39 is 0 Å². The van der Waals surface area contributed by atoms with E-state index in [1.165, 1.54) is 3.71 Å². The average Bonchev–Trinajstić information content (AvgIpc) is 2.38. The Balaban J connectivity index is 0.00000137. The lowest BCUT2D eigenvalue weighted by Crippen LogP contribution is -2.13. The summed E-state index contributed by atoms with van der Waals surface area (Å²) in [6.45, 7) is 4.00. The summed E-state index contributed by atoms with van der Waals surface area (Å²) in [5.74, 6) is 0.768. The van der Waals surface area contributed by atoms with Crippen LogP contribution in [0.5, 0.6) is 5.75 Å². The summed E-state index contributed by atoms with van der Waals surface area (Å²) in [7, 11) is 1.60. The number of nitrogens with zero attached hydrogens (tertiary/aromatic N) is 1. The van der Waals surface area contributed by atoms with Gasteiger partial charge in [-0.15, -0.1) is 12.6 Å². The first-order chi connectivity index (χ1) is 8.54. The monoisotopic (exact) mass is 305 g/mol. The van der Waals surface area contributed by atoms with E-state index in [0.717, 1.165) is 11.3 Å². The molecule has 0 N–H and O–H groups in total. The van der Waals surface area contributed by atoms with Crippen molar-refractivity contribution in [1.29, 1.82) is 0 Å². The number of hydrogen-bond donors (Lipinski definition) is 3. The van der Waals surface area contributed by atoms with Crippen molar-refractivity contribution in [3.8, 4) is 5.75 Å². The molecule has 3 nitrogen and oxygen atoms in total. The molecule has 0 saturated carbocycles. The summed E-state index contributed by atoms with van der Waals surface area (Å²) >= 11 is 12.0. The highest BCUT2D eigenvalue weighted by molar-refractivity contribution is 7.96. The van der Waals surface area contributed by atoms with Gasteiger partial charge in [-0.3, -0.25) is 4.79 Å². The third-order valence-electron chi connectivity index (χ3n) is 2.15. The summed E-state index contributed by atoms with van der Waals surface area (Å²) in [5, 5.41) is -0.200. The van der Waals surface area contributed by atoms with Gasteiger partial charge in [0.05, 0.1) is 13.2 Å². The number of thiol groups is 3. The van der Waals surface area contributed by atoms with E-state index in [9.17, 15) is 4.79 Å². The summed E-state index contributed by atoms with van der Waals surface area (Å²) in [5.41, 5.74) is 0.938. The van der Waals surface area contributed by atoms with Gasteiger partial charge >= 0.3 is 0 Å². The van der Waals surface area contributed by atoms with E-state index in [1.807, 2.05) is 38.1 Å². The maximum atomic E-state index is 11.0. The van der Waals surface area contributed by atoms with E-state index >= 15 is 0 Å². The van der Waals surface area contributed by atoms with Crippen molar-refractivity contribution in [2.24, 2.45) is 0 Å². The molecule has 0 spiro atoms. The molecule has 0 aliphatic rings. The molecule has 0 amide bonds. The lowest BCUT2D eigenvalue weighted by molar-refractivity contribution is -0.111. The topological polar surface area (TPSA) is 29.5 Å². The van der Waals surface area contributed by atoms with Crippen LogP contribution >= 0.6 is 38.3 Å². The molecule has 0 aliphatic heterocycles. The third kappa shape index (κ3) is 6.04. The van der Waals surface area contributed by atoms with Crippen molar-refractivity contribution in [2.45, 2.75) is 26.3 Å². The molecule has 0 aromatic heterocycles. The standard InChI is InChI=1S/C10H13NO2S3.C2H6/c1-13-8-4-2-7(3-5-8)9(11(15)16)6-10(12)14;1-2/h2-5,9,15-16H,6H2,1H3,(H,12,14);1-2H3. The van der Waals surface area contributed by atoms with Crippen LogP contribution in [0.3, 0.4) is 0 Å². The summed E-state index contributed by atoms with van der Waals surface area (Å²) in [4.78, 5) is 11.0. The molecule has 0 aliphatic carbocycles. The van der Waals surface area contributed by atoms with Crippen LogP contribution in [-0.4, -0.2) is 15.9 Å². The minimum atomic E-state index is -0.206. The Kier molecular flexibility index (Phi) is 9.45. The van der Waals surface area contributed by atoms with E-state index in [0.29, 0.717) is 0 Å². The largest absolute Gasteiger partial charge is 0.497 e. The molecule has 102 valence electrons. The molecule has 1 unspecified atom stereocenters. The van der Waals surface area contributed by atoms with Crippen molar-refractivity contribution in [2.75, 3.05) is 7.11 Å². The number of hydrogen-bond acceptors (Lipinski definition) is 5. The molecule has 0 radical (unpaired) electrons. The van der Waals surface area contributed by atoms with E-state index in [-0.39, 0.29) is 17.6 Å². The molecule has 0 heterocycles. The SMILES string of the molecule is CC.COc1ccc(C(CC(=O)S)N(S)S)cc1. The predicted octanol–water partition coefficient (Wildman–Crippen LogP) is 3.60. The fraction of sp³-hybridized carbons (Fsp3) is 0.417. The maximum Gasteiger partial charge on any atom is 0.187 e. The Morgan fingerprint density at radius 3 is 2.11 bits per heavy atom. The number of carbonyl (C=O) groups is 1. The Morgan fingerprint density at radius 2 is 1.78 bits per heavy atom. The lowest BCUT2D eigenvalue weighted by Gasteiger charge is -2.21. The second-order valence-corrected chi connectivity index (χ2v) is 4.88. The minimum absolute atomic E-state index is 0.200. The smallest absolute Gasteiger partial charge is 0.187 e. The molecular formula is C12H19NO2S3. The van der Waals surface area contributed by atoms with Crippen molar-refractivity contribution in [3.63, 3.8) is 0 Å². The highest BCUT2D eigenvalue weighted by Crippen LogP contribution is 2.29. The maximum absolute atomic E-state index is 11.0. The first-order valence-corrected chi connectivity index (χ1v) is 6.82. The van der Waals surface area contributed by atoms with Crippen LogP contribution < -0.4 is 4.74 Å². The number of carbonyl (C=O) groups excluding carboxylic acids is 1. The molecule has 1 aromatic rings. The van der Waals surface area contributed by atoms with Gasteiger partial charge in [0.25, 0.3) is 0 Å². The number of benzene rings is 1. The Hall–Kier alpha value is -0.300. The van der Waals surface area contributed by atoms with Gasteiger partial charge in [-0.05, 0) is 17.7 Å². The zero-order chi connectivity index (χ0) is 14.1. The van der Waals surface area contributed by atoms with Gasteiger partial charge in [-0.2, -0.15) is 3.71 Å². The molecule has 0 fully saturated rings. The first kappa shape index (κ1) is 17.7. The first-order valence-electron chi connectivity index (χ1n) is 5.57. The van der Waals surface area contributed by atoms with Crippen LogP contribution in [0, 0.1) is 0 Å². The highest BCUT2D eigenvalue weighted by atomic mass is 32.2. The summed E-state index contributed by atoms with van der Waals surface area (Å²) < 4.78 is 6.46. The number of ether oxygens (including phenoxy) is 1. The quantitative estimate of drug-likeness (QED) is 0.726. The second-order valence-electron chi connectivity index (χ2n) is 3.21. The second kappa shape index (κ2) is 9.61. The highest BCUT2D eigenvalue weighted by Gasteiger charge is 2.18. The van der Waals surface area contributed by atoms with Crippen LogP contribution in [-0.2, 0) is 4.79 Å². The van der Waals surface area contributed by atoms with Crippen molar-refractivity contribution in [1.82, 2.24) is 3.71 Å². The van der Waals surface area contributed by atoms with Crippen molar-refractivity contribution < 1.29 is 9.53 Å². The zero-order valence-electron chi connectivity index (χ0n) is 10.7. The molecule has 1 rings (SSSR count). The van der Waals surface area contributed by atoms with Gasteiger partial charge in [0, 0.05) is 6.42 Å². The van der Waals surface area contributed by atoms with Crippen molar-refractivity contribution in [3.05, 3.63) is 29.8 Å². The van der Waals surface area contributed by atoms with Crippen molar-refractivity contribution >= 4 is 43.4 Å². The van der Waals surface area contributed by atoms with Gasteiger partial charge in [0.2, 0.25) is 0 Å². The van der Waals surface area contributed by atoms with Crippen LogP contribution in [0.1, 0.15) is 31.9 Å². The zero-order valence-corrected chi connectivity index (χ0v) is 13.4. The van der Waals surface area contributed by atoms with Gasteiger partial charge < -0.3 is 4.74 Å². The molecule has 0 saturated heterocycles. The third-order valence-corrected chi connectivity index (χ3v) is 2.89. The lowest BCUT2D eigenvalue weighted by atomic mass is 10.1. The molecule has 1 aromatic carbocycles. The van der Waals surface area contributed by atoms with Crippen LogP contribution in [0.2, 0.25) is 0 Å². The summed E-state index contributed by atoms with van der Waals surface area (Å²) in [6, 6.07) is 7.20. The molecule has 0 bridgehead atoms. The van der Waals surface area contributed by atoms with E-state index in [2.05, 4.69) is 38.3 Å². The predicted molar refractivity (Wildman–Crippen MR) is 85.5 cm³/mol. The Morgan fingerprint density at radius 1 is 1.28 bits per heavy atom. The van der Waals surface area contributed by atoms with Gasteiger partial charge in [0.1, 0.15) is 5.75 Å². The normalized spacial score (nSPS) is 11.5. The molecule has 18 heavy (non-hydrogen) atoms. The van der Waals surface area contributed by atoms with Gasteiger partial charge in [-0.25, -0.2) is 0 Å². The minimum Gasteiger partial charge on any atom is -0.497 e. The van der Waals surface area contributed by atoms with E-state index in [4.69, 9.17) is 4.74 Å². The van der Waals surface area contributed by atoms with Gasteiger partial charge in [-0.1, -0.05) is 51.6 Å². The number of methoxy groups -OCH3 is 1. The molecule has 6 heteroatoms. The average molecular weight is 305 g/mol. The fourth-order valence-corrected chi connectivity index (χ4v) is 1.93. The van der Waals surface area contributed by atoms with Crippen LogP contribution in [0.4, 0.5) is 0 Å². The van der Waals surface area contributed by atoms with Crippen LogP contribution in [0.25, 0.3) is 0 Å². The Bertz CT molecular complexity index is 355. The number of rotatable bonds is 5. The fourth-order valence-electron chi connectivity index (χ4n) is 1.32. The van der Waals surface area contributed by atoms with Crippen LogP contribution in [0.15, 0.2) is 24.3 Å². The summed E-state index contributed by atoms with van der Waals surface area (Å²) in [6.07, 6.45) is 0.252. The molecule has 1 atom stereocenters. The Labute approximate surface area is 125 Å². The van der Waals surface area contributed by atoms with E-state index in [1.54, 1.807) is 7.11 Å².